The molecule has 2 aromatic rings. The van der Waals surface area contributed by atoms with E-state index in [9.17, 15) is 9.59 Å². The van der Waals surface area contributed by atoms with E-state index in [0.717, 1.165) is 11.3 Å². The van der Waals surface area contributed by atoms with Crippen LogP contribution in [0.3, 0.4) is 0 Å². The van der Waals surface area contributed by atoms with Gasteiger partial charge >= 0.3 is 0 Å². The van der Waals surface area contributed by atoms with Gasteiger partial charge in [0, 0.05) is 12.1 Å². The highest BCUT2D eigenvalue weighted by molar-refractivity contribution is 6.04. The number of para-hydroxylation sites is 1. The normalized spacial score (nSPS) is 10.6. The van der Waals surface area contributed by atoms with Crippen LogP contribution >= 0.6 is 0 Å². The molecule has 0 saturated carbocycles. The van der Waals surface area contributed by atoms with Crippen LogP contribution in [0.5, 0.6) is 5.75 Å². The predicted molar refractivity (Wildman–Crippen MR) is 99.0 cm³/mol. The van der Waals surface area contributed by atoms with E-state index in [1.54, 1.807) is 24.3 Å². The molecule has 0 heterocycles. The van der Waals surface area contributed by atoms with Gasteiger partial charge in [-0.2, -0.15) is 0 Å². The number of hydrogen-bond acceptors (Lipinski definition) is 4. The summed E-state index contributed by atoms with van der Waals surface area (Å²) in [4.78, 5) is 25.8. The maximum absolute atomic E-state index is 12.2. The number of rotatable bonds is 8. The number of anilines is 1. The molecule has 1 N–H and O–H groups in total. The molecule has 0 aromatic heterocycles. The lowest BCUT2D eigenvalue weighted by Crippen LogP contribution is -2.30. The lowest BCUT2D eigenvalue weighted by Gasteiger charge is -2.17. The van der Waals surface area contributed by atoms with Crippen molar-refractivity contribution >= 4 is 17.4 Å². The van der Waals surface area contributed by atoms with Gasteiger partial charge in [-0.15, -0.1) is 0 Å². The fourth-order valence-corrected chi connectivity index (χ4v) is 2.56. The minimum Gasteiger partial charge on any atom is -0.494 e. The molecule has 132 valence electrons. The standard InChI is InChI=1S/C20H24N2O3/c1-4-25-17-11-9-16(10-12-17)13-22(3)14-20(24)21-19-8-6-5-7-18(19)15(2)23/h5-12H,4,13-14H2,1-3H3,(H,21,24). The smallest absolute Gasteiger partial charge is 0.238 e. The SMILES string of the molecule is CCOc1ccc(CN(C)CC(=O)Nc2ccccc2C(C)=O)cc1. The first-order valence-corrected chi connectivity index (χ1v) is 8.29. The average Bonchev–Trinajstić information content (AvgIpc) is 2.57. The fourth-order valence-electron chi connectivity index (χ4n) is 2.56. The van der Waals surface area contributed by atoms with Gasteiger partial charge < -0.3 is 10.1 Å². The van der Waals surface area contributed by atoms with Crippen molar-refractivity contribution in [2.45, 2.75) is 20.4 Å². The van der Waals surface area contributed by atoms with Crippen LogP contribution in [0.2, 0.25) is 0 Å². The van der Waals surface area contributed by atoms with E-state index in [0.29, 0.717) is 24.4 Å². The summed E-state index contributed by atoms with van der Waals surface area (Å²) in [5, 5.41) is 2.81. The summed E-state index contributed by atoms with van der Waals surface area (Å²) < 4.78 is 5.42. The number of nitrogens with one attached hydrogen (secondary N) is 1. The van der Waals surface area contributed by atoms with Crippen molar-refractivity contribution in [1.29, 1.82) is 0 Å². The highest BCUT2D eigenvalue weighted by atomic mass is 16.5. The molecule has 0 aliphatic heterocycles. The summed E-state index contributed by atoms with van der Waals surface area (Å²) in [6.07, 6.45) is 0. The Morgan fingerprint density at radius 2 is 1.76 bits per heavy atom. The third-order valence-corrected chi connectivity index (χ3v) is 3.68. The van der Waals surface area contributed by atoms with E-state index in [1.165, 1.54) is 6.92 Å². The summed E-state index contributed by atoms with van der Waals surface area (Å²) in [6, 6.07) is 14.9. The molecule has 0 aliphatic rings. The van der Waals surface area contributed by atoms with Crippen LogP contribution in [0.4, 0.5) is 5.69 Å². The second kappa shape index (κ2) is 8.99. The number of ether oxygens (including phenoxy) is 1. The number of ketones is 1. The molecule has 5 nitrogen and oxygen atoms in total. The van der Waals surface area contributed by atoms with Crippen molar-refractivity contribution in [3.8, 4) is 5.75 Å². The lowest BCUT2D eigenvalue weighted by molar-refractivity contribution is -0.117. The van der Waals surface area contributed by atoms with Crippen LogP contribution in [-0.2, 0) is 11.3 Å². The van der Waals surface area contributed by atoms with Gasteiger partial charge in [-0.1, -0.05) is 24.3 Å². The summed E-state index contributed by atoms with van der Waals surface area (Å²) in [5.74, 6) is 0.619. The number of carbonyl (C=O) groups is 2. The number of nitrogens with zero attached hydrogens (tertiary/aromatic N) is 1. The van der Waals surface area contributed by atoms with E-state index >= 15 is 0 Å². The summed E-state index contributed by atoms with van der Waals surface area (Å²) in [5.41, 5.74) is 2.17. The Hall–Kier alpha value is -2.66. The van der Waals surface area contributed by atoms with Crippen molar-refractivity contribution in [2.24, 2.45) is 0 Å². The Morgan fingerprint density at radius 1 is 1.08 bits per heavy atom. The molecule has 0 bridgehead atoms. The molecule has 25 heavy (non-hydrogen) atoms. The molecule has 2 rings (SSSR count). The number of benzene rings is 2. The monoisotopic (exact) mass is 340 g/mol. The van der Waals surface area contributed by atoms with Crippen molar-refractivity contribution in [3.05, 3.63) is 59.7 Å². The Morgan fingerprint density at radius 3 is 2.40 bits per heavy atom. The topological polar surface area (TPSA) is 58.6 Å². The lowest BCUT2D eigenvalue weighted by atomic mass is 10.1. The third kappa shape index (κ3) is 5.72. The van der Waals surface area contributed by atoms with Gasteiger partial charge in [0.1, 0.15) is 5.75 Å². The molecular formula is C20H24N2O3. The van der Waals surface area contributed by atoms with E-state index in [4.69, 9.17) is 4.74 Å². The Labute approximate surface area is 148 Å². The van der Waals surface area contributed by atoms with Gasteiger partial charge in [0.25, 0.3) is 0 Å². The van der Waals surface area contributed by atoms with Crippen LogP contribution in [0.15, 0.2) is 48.5 Å². The maximum Gasteiger partial charge on any atom is 0.238 e. The molecular weight excluding hydrogens is 316 g/mol. The first-order chi connectivity index (χ1) is 12.0. The van der Waals surface area contributed by atoms with Crippen LogP contribution in [0, 0.1) is 0 Å². The van der Waals surface area contributed by atoms with E-state index in [2.05, 4.69) is 5.32 Å². The first kappa shape index (κ1) is 18.7. The van der Waals surface area contributed by atoms with E-state index in [1.807, 2.05) is 43.1 Å². The average molecular weight is 340 g/mol. The first-order valence-electron chi connectivity index (χ1n) is 8.29. The Balaban J connectivity index is 1.91. The van der Waals surface area contributed by atoms with Gasteiger partial charge in [-0.3, -0.25) is 14.5 Å². The third-order valence-electron chi connectivity index (χ3n) is 3.68. The van der Waals surface area contributed by atoms with Crippen LogP contribution in [0.1, 0.15) is 29.8 Å². The van der Waals surface area contributed by atoms with E-state index < -0.39 is 0 Å². The zero-order valence-electron chi connectivity index (χ0n) is 14.9. The van der Waals surface area contributed by atoms with Crippen LogP contribution in [0.25, 0.3) is 0 Å². The largest absolute Gasteiger partial charge is 0.494 e. The maximum atomic E-state index is 12.2. The number of likely N-dealkylation sites (N-methyl/N-ethyl adjacent to an activating group) is 1. The van der Waals surface area contributed by atoms with Gasteiger partial charge in [0.05, 0.1) is 18.8 Å². The summed E-state index contributed by atoms with van der Waals surface area (Å²) in [6.45, 7) is 4.96. The molecule has 1 amide bonds. The molecule has 0 atom stereocenters. The molecule has 0 unspecified atom stereocenters. The molecule has 5 heteroatoms. The number of carbonyl (C=O) groups excluding carboxylic acids is 2. The minimum atomic E-state index is -0.151. The molecule has 0 aliphatic carbocycles. The van der Waals surface area contributed by atoms with Gasteiger partial charge in [-0.05, 0) is 50.7 Å². The van der Waals surface area contributed by atoms with Gasteiger partial charge in [0.15, 0.2) is 5.78 Å². The quantitative estimate of drug-likeness (QED) is 0.749. The van der Waals surface area contributed by atoms with Gasteiger partial charge in [-0.25, -0.2) is 0 Å². The van der Waals surface area contributed by atoms with Crippen molar-refractivity contribution in [1.82, 2.24) is 4.90 Å². The minimum absolute atomic E-state index is 0.0707. The second-order valence-corrected chi connectivity index (χ2v) is 5.90. The van der Waals surface area contributed by atoms with Gasteiger partial charge in [0.2, 0.25) is 5.91 Å². The highest BCUT2D eigenvalue weighted by Gasteiger charge is 2.11. The Bertz CT molecular complexity index is 726. The summed E-state index contributed by atoms with van der Waals surface area (Å²) in [7, 11) is 1.88. The zero-order valence-corrected chi connectivity index (χ0v) is 14.9. The second-order valence-electron chi connectivity index (χ2n) is 5.90. The molecule has 0 fully saturated rings. The molecule has 0 radical (unpaired) electrons. The highest BCUT2D eigenvalue weighted by Crippen LogP contribution is 2.16. The van der Waals surface area contributed by atoms with Crippen LogP contribution < -0.4 is 10.1 Å². The number of amides is 1. The van der Waals surface area contributed by atoms with Crippen molar-refractivity contribution in [3.63, 3.8) is 0 Å². The zero-order chi connectivity index (χ0) is 18.2. The number of Topliss-reactive ketones (excluding diaryl/α,β-unsaturated/α-hetero) is 1. The van der Waals surface area contributed by atoms with Crippen molar-refractivity contribution in [2.75, 3.05) is 25.5 Å². The molecule has 0 saturated heterocycles. The molecule has 2 aromatic carbocycles. The fraction of sp³-hybridized carbons (Fsp3) is 0.300. The predicted octanol–water partition coefficient (Wildman–Crippen LogP) is 3.36. The summed E-state index contributed by atoms with van der Waals surface area (Å²) >= 11 is 0. The van der Waals surface area contributed by atoms with Crippen LogP contribution in [-0.4, -0.2) is 36.8 Å². The van der Waals surface area contributed by atoms with Crippen molar-refractivity contribution < 1.29 is 14.3 Å². The Kier molecular flexibility index (Phi) is 6.71. The van der Waals surface area contributed by atoms with E-state index in [-0.39, 0.29) is 18.2 Å². The number of hydrogen-bond donors (Lipinski definition) is 1. The molecule has 0 spiro atoms.